The van der Waals surface area contributed by atoms with Crippen LogP contribution in [0.2, 0.25) is 0 Å². The molecule has 0 bridgehead atoms. The molecule has 2 saturated heterocycles. The number of amides is 2. The molecule has 2 aliphatic rings. The average Bonchev–Trinajstić information content (AvgIpc) is 2.68. The second-order valence-electron chi connectivity index (χ2n) is 7.35. The van der Waals surface area contributed by atoms with E-state index in [1.54, 1.807) is 0 Å². The molecule has 2 N–H and O–H groups in total. The second kappa shape index (κ2) is 5.72. The molecule has 2 atom stereocenters. The van der Waals surface area contributed by atoms with Gasteiger partial charge in [-0.1, -0.05) is 20.8 Å². The average molecular weight is 281 g/mol. The van der Waals surface area contributed by atoms with E-state index < -0.39 is 0 Å². The third kappa shape index (κ3) is 3.72. The minimum absolute atomic E-state index is 0.0780. The lowest BCUT2D eigenvalue weighted by Gasteiger charge is -2.38. The molecule has 5 nitrogen and oxygen atoms in total. The van der Waals surface area contributed by atoms with Gasteiger partial charge in [-0.3, -0.25) is 9.59 Å². The number of hydrogen-bond donors (Lipinski definition) is 1. The number of nitrogens with zero attached hydrogens (tertiary/aromatic N) is 2. The number of nitrogens with two attached hydrogens (primary N) is 1. The Balaban J connectivity index is 1.83. The van der Waals surface area contributed by atoms with E-state index in [-0.39, 0.29) is 29.3 Å². The standard InChI is InChI=1S/C15H27N3O2/c1-15(2,3)9-11(16)8-14(20)17-6-7-18-12(10-17)4-5-13(18)19/h11-12H,4-10,16H2,1-3H3. The highest BCUT2D eigenvalue weighted by molar-refractivity contribution is 5.80. The highest BCUT2D eigenvalue weighted by atomic mass is 16.2. The number of carbonyl (C=O) groups is 2. The van der Waals surface area contributed by atoms with E-state index in [2.05, 4.69) is 20.8 Å². The largest absolute Gasteiger partial charge is 0.339 e. The fourth-order valence-corrected chi connectivity index (χ4v) is 3.30. The molecule has 0 spiro atoms. The smallest absolute Gasteiger partial charge is 0.224 e. The van der Waals surface area contributed by atoms with Crippen LogP contribution in [0.5, 0.6) is 0 Å². The number of rotatable bonds is 3. The fourth-order valence-electron chi connectivity index (χ4n) is 3.30. The van der Waals surface area contributed by atoms with Crippen LogP contribution >= 0.6 is 0 Å². The monoisotopic (exact) mass is 281 g/mol. The van der Waals surface area contributed by atoms with Crippen LogP contribution in [0, 0.1) is 5.41 Å². The SMILES string of the molecule is CC(C)(C)CC(N)CC(=O)N1CCN2C(=O)CCC2C1. The van der Waals surface area contributed by atoms with Gasteiger partial charge in [0.1, 0.15) is 0 Å². The van der Waals surface area contributed by atoms with Crippen molar-refractivity contribution in [2.24, 2.45) is 11.1 Å². The van der Waals surface area contributed by atoms with Gasteiger partial charge in [0.05, 0.1) is 0 Å². The van der Waals surface area contributed by atoms with Gasteiger partial charge in [-0.05, 0) is 18.3 Å². The van der Waals surface area contributed by atoms with Crippen molar-refractivity contribution in [3.63, 3.8) is 0 Å². The van der Waals surface area contributed by atoms with Crippen LogP contribution in [0.3, 0.4) is 0 Å². The van der Waals surface area contributed by atoms with Crippen LogP contribution in [-0.2, 0) is 9.59 Å². The van der Waals surface area contributed by atoms with Crippen molar-refractivity contribution in [1.82, 2.24) is 9.80 Å². The van der Waals surface area contributed by atoms with E-state index in [1.165, 1.54) is 0 Å². The molecule has 20 heavy (non-hydrogen) atoms. The van der Waals surface area contributed by atoms with Gasteiger partial charge >= 0.3 is 0 Å². The van der Waals surface area contributed by atoms with E-state index in [9.17, 15) is 9.59 Å². The lowest BCUT2D eigenvalue weighted by atomic mass is 9.87. The van der Waals surface area contributed by atoms with Gasteiger partial charge < -0.3 is 15.5 Å². The van der Waals surface area contributed by atoms with Crippen LogP contribution in [-0.4, -0.2) is 53.3 Å². The Hall–Kier alpha value is -1.10. The summed E-state index contributed by atoms with van der Waals surface area (Å²) in [4.78, 5) is 27.7. The predicted molar refractivity (Wildman–Crippen MR) is 78.0 cm³/mol. The first-order valence-electron chi connectivity index (χ1n) is 7.59. The second-order valence-corrected chi connectivity index (χ2v) is 7.35. The molecule has 0 saturated carbocycles. The number of fused-ring (bicyclic) bond motifs is 1. The van der Waals surface area contributed by atoms with E-state index in [1.807, 2.05) is 9.80 Å². The van der Waals surface area contributed by atoms with Gasteiger partial charge in [0.2, 0.25) is 11.8 Å². The molecule has 0 aromatic rings. The first kappa shape index (κ1) is 15.3. The number of piperazine rings is 1. The lowest BCUT2D eigenvalue weighted by molar-refractivity contribution is -0.139. The minimum Gasteiger partial charge on any atom is -0.339 e. The summed E-state index contributed by atoms with van der Waals surface area (Å²) in [5.41, 5.74) is 6.23. The van der Waals surface area contributed by atoms with Crippen molar-refractivity contribution in [2.75, 3.05) is 19.6 Å². The molecule has 2 unspecified atom stereocenters. The maximum Gasteiger partial charge on any atom is 0.224 e. The van der Waals surface area contributed by atoms with Crippen LogP contribution in [0.25, 0.3) is 0 Å². The van der Waals surface area contributed by atoms with Crippen LogP contribution < -0.4 is 5.73 Å². The highest BCUT2D eigenvalue weighted by Gasteiger charge is 2.37. The zero-order valence-electron chi connectivity index (χ0n) is 12.9. The van der Waals surface area contributed by atoms with E-state index in [0.29, 0.717) is 32.5 Å². The topological polar surface area (TPSA) is 66.6 Å². The zero-order chi connectivity index (χ0) is 14.9. The normalized spacial score (nSPS) is 24.8. The summed E-state index contributed by atoms with van der Waals surface area (Å²) < 4.78 is 0. The summed E-state index contributed by atoms with van der Waals surface area (Å²) >= 11 is 0. The summed E-state index contributed by atoms with van der Waals surface area (Å²) in [7, 11) is 0. The Labute approximate surface area is 121 Å². The molecule has 0 aliphatic carbocycles. The van der Waals surface area contributed by atoms with Gasteiger partial charge in [-0.15, -0.1) is 0 Å². The van der Waals surface area contributed by atoms with Crippen molar-refractivity contribution in [2.45, 2.75) is 58.5 Å². The molecule has 0 aromatic heterocycles. The Kier molecular flexibility index (Phi) is 4.37. The molecule has 5 heteroatoms. The molecule has 2 aliphatic heterocycles. The first-order chi connectivity index (χ1) is 9.26. The first-order valence-corrected chi connectivity index (χ1v) is 7.59. The van der Waals surface area contributed by atoms with Crippen LogP contribution in [0.15, 0.2) is 0 Å². The van der Waals surface area contributed by atoms with Gasteiger partial charge in [0.15, 0.2) is 0 Å². The third-order valence-electron chi connectivity index (χ3n) is 4.16. The Bertz CT molecular complexity index is 389. The Morgan fingerprint density at radius 1 is 1.40 bits per heavy atom. The van der Waals surface area contributed by atoms with E-state index in [4.69, 9.17) is 5.73 Å². The summed E-state index contributed by atoms with van der Waals surface area (Å²) in [5, 5.41) is 0. The molecular weight excluding hydrogens is 254 g/mol. The Morgan fingerprint density at radius 2 is 2.10 bits per heavy atom. The summed E-state index contributed by atoms with van der Waals surface area (Å²) in [6.07, 6.45) is 2.78. The van der Waals surface area contributed by atoms with Gasteiger partial charge in [-0.2, -0.15) is 0 Å². The maximum absolute atomic E-state index is 12.3. The van der Waals surface area contributed by atoms with Crippen molar-refractivity contribution < 1.29 is 9.59 Å². The van der Waals surface area contributed by atoms with Crippen molar-refractivity contribution in [3.05, 3.63) is 0 Å². The number of carbonyl (C=O) groups excluding carboxylic acids is 2. The van der Waals surface area contributed by atoms with Crippen molar-refractivity contribution >= 4 is 11.8 Å². The molecular formula is C15H27N3O2. The van der Waals surface area contributed by atoms with Crippen LogP contribution in [0.1, 0.15) is 46.5 Å². The molecule has 2 heterocycles. The molecule has 2 rings (SSSR count). The summed E-state index contributed by atoms with van der Waals surface area (Å²) in [6.45, 7) is 8.45. The minimum atomic E-state index is -0.0780. The molecule has 2 fully saturated rings. The van der Waals surface area contributed by atoms with E-state index in [0.717, 1.165) is 12.8 Å². The quantitative estimate of drug-likeness (QED) is 0.838. The van der Waals surface area contributed by atoms with Crippen molar-refractivity contribution in [1.29, 1.82) is 0 Å². The molecule has 2 amide bonds. The molecule has 0 aromatic carbocycles. The summed E-state index contributed by atoms with van der Waals surface area (Å²) in [5.74, 6) is 0.382. The number of hydrogen-bond acceptors (Lipinski definition) is 3. The Morgan fingerprint density at radius 3 is 2.75 bits per heavy atom. The van der Waals surface area contributed by atoms with Crippen LogP contribution in [0.4, 0.5) is 0 Å². The third-order valence-corrected chi connectivity index (χ3v) is 4.16. The summed E-state index contributed by atoms with van der Waals surface area (Å²) in [6, 6.07) is 0.157. The predicted octanol–water partition coefficient (Wildman–Crippen LogP) is 0.973. The van der Waals surface area contributed by atoms with Crippen molar-refractivity contribution in [3.8, 4) is 0 Å². The van der Waals surface area contributed by atoms with E-state index >= 15 is 0 Å². The van der Waals surface area contributed by atoms with Gasteiger partial charge in [-0.25, -0.2) is 0 Å². The molecule has 0 radical (unpaired) electrons. The zero-order valence-corrected chi connectivity index (χ0v) is 12.9. The fraction of sp³-hybridized carbons (Fsp3) is 0.867. The van der Waals surface area contributed by atoms with Gasteiger partial charge in [0.25, 0.3) is 0 Å². The maximum atomic E-state index is 12.3. The highest BCUT2D eigenvalue weighted by Crippen LogP contribution is 2.24. The molecule has 114 valence electrons. The van der Waals surface area contributed by atoms with Gasteiger partial charge in [0, 0.05) is 44.6 Å². The lowest BCUT2D eigenvalue weighted by Crippen LogP contribution is -2.53.